The quantitative estimate of drug-likeness (QED) is 0.884. The summed E-state index contributed by atoms with van der Waals surface area (Å²) in [5.41, 5.74) is 1.20. The smallest absolute Gasteiger partial charge is 0.174 e. The molecule has 1 aliphatic rings. The number of hydrogen-bond acceptors (Lipinski definition) is 6. The van der Waals surface area contributed by atoms with Crippen LogP contribution < -0.4 is 5.32 Å². The van der Waals surface area contributed by atoms with Crippen molar-refractivity contribution in [1.29, 1.82) is 0 Å². The second-order valence-corrected chi connectivity index (χ2v) is 5.79. The maximum absolute atomic E-state index is 10.5. The third-order valence-electron chi connectivity index (χ3n) is 3.87. The lowest BCUT2D eigenvalue weighted by atomic mass is 9.94. The van der Waals surface area contributed by atoms with Gasteiger partial charge in [-0.3, -0.25) is 4.98 Å². The number of aromatic nitrogens is 4. The van der Waals surface area contributed by atoms with Crippen molar-refractivity contribution in [2.75, 3.05) is 25.1 Å². The summed E-state index contributed by atoms with van der Waals surface area (Å²) in [5, 5.41) is 18.0. The topological polar surface area (TPSA) is 85.1 Å². The highest BCUT2D eigenvalue weighted by atomic mass is 16.5. The van der Waals surface area contributed by atoms with Crippen LogP contribution in [0.2, 0.25) is 0 Å². The summed E-state index contributed by atoms with van der Waals surface area (Å²) in [7, 11) is 0. The molecule has 0 aliphatic carbocycles. The third kappa shape index (κ3) is 3.26. The lowest BCUT2D eigenvalue weighted by Gasteiger charge is -2.32. The van der Waals surface area contributed by atoms with Gasteiger partial charge in [0.05, 0.1) is 23.7 Å². The van der Waals surface area contributed by atoms with Gasteiger partial charge in [-0.2, -0.15) is 5.10 Å². The van der Waals surface area contributed by atoms with Gasteiger partial charge < -0.3 is 15.2 Å². The van der Waals surface area contributed by atoms with Crippen LogP contribution in [0, 0.1) is 13.8 Å². The fourth-order valence-electron chi connectivity index (χ4n) is 2.59. The van der Waals surface area contributed by atoms with Gasteiger partial charge in [0.15, 0.2) is 5.82 Å². The van der Waals surface area contributed by atoms with Crippen LogP contribution in [0.4, 0.5) is 5.82 Å². The molecule has 1 fully saturated rings. The molecule has 1 saturated heterocycles. The number of ether oxygens (including phenoxy) is 1. The Balaban J connectivity index is 1.73. The lowest BCUT2D eigenvalue weighted by molar-refractivity contribution is -0.0543. The van der Waals surface area contributed by atoms with Gasteiger partial charge in [-0.1, -0.05) is 0 Å². The molecule has 0 unspecified atom stereocenters. The Morgan fingerprint density at radius 3 is 2.77 bits per heavy atom. The molecule has 3 rings (SSSR count). The highest BCUT2D eigenvalue weighted by molar-refractivity contribution is 5.37. The lowest BCUT2D eigenvalue weighted by Crippen LogP contribution is -2.42. The van der Waals surface area contributed by atoms with Crippen molar-refractivity contribution in [3.8, 4) is 5.82 Å². The van der Waals surface area contributed by atoms with E-state index < -0.39 is 5.60 Å². The molecule has 3 heterocycles. The Hall–Kier alpha value is -1.99. The average molecular weight is 303 g/mol. The molecule has 2 aromatic heterocycles. The molecule has 0 bridgehead atoms. The molecule has 7 heteroatoms. The molecule has 1 aliphatic heterocycles. The summed E-state index contributed by atoms with van der Waals surface area (Å²) in [6.07, 6.45) is 4.58. The first kappa shape index (κ1) is 14.9. The van der Waals surface area contributed by atoms with Gasteiger partial charge in [-0.15, -0.1) is 0 Å². The molecule has 0 atom stereocenters. The minimum Gasteiger partial charge on any atom is -0.388 e. The van der Waals surface area contributed by atoms with Crippen LogP contribution in [0.3, 0.4) is 0 Å². The predicted molar refractivity (Wildman–Crippen MR) is 82.1 cm³/mol. The molecule has 0 saturated carbocycles. The molecule has 2 aromatic rings. The Bertz CT molecular complexity index is 649. The van der Waals surface area contributed by atoms with Crippen LogP contribution in [0.25, 0.3) is 5.82 Å². The average Bonchev–Trinajstić information content (AvgIpc) is 2.85. The number of aryl methyl sites for hydroxylation is 2. The van der Waals surface area contributed by atoms with Crippen molar-refractivity contribution < 1.29 is 9.84 Å². The maximum atomic E-state index is 10.5. The van der Waals surface area contributed by atoms with Crippen molar-refractivity contribution in [2.24, 2.45) is 0 Å². The number of rotatable bonds is 4. The van der Waals surface area contributed by atoms with Gasteiger partial charge in [0.1, 0.15) is 5.82 Å². The van der Waals surface area contributed by atoms with Crippen molar-refractivity contribution in [3.63, 3.8) is 0 Å². The molecule has 0 radical (unpaired) electrons. The summed E-state index contributed by atoms with van der Waals surface area (Å²) in [4.78, 5) is 8.72. The number of nitrogens with zero attached hydrogens (tertiary/aromatic N) is 4. The van der Waals surface area contributed by atoms with Crippen LogP contribution >= 0.6 is 0 Å². The van der Waals surface area contributed by atoms with Gasteiger partial charge in [-0.25, -0.2) is 9.67 Å². The molecule has 0 aromatic carbocycles. The summed E-state index contributed by atoms with van der Waals surface area (Å²) in [6, 6.07) is 1.99. The maximum Gasteiger partial charge on any atom is 0.174 e. The van der Waals surface area contributed by atoms with E-state index in [1.165, 1.54) is 0 Å². The second kappa shape index (κ2) is 6.02. The molecule has 2 N–H and O–H groups in total. The second-order valence-electron chi connectivity index (χ2n) is 5.79. The van der Waals surface area contributed by atoms with Gasteiger partial charge in [-0.05, 0) is 19.9 Å². The summed E-state index contributed by atoms with van der Waals surface area (Å²) in [6.45, 7) is 5.54. The van der Waals surface area contributed by atoms with E-state index in [1.54, 1.807) is 17.1 Å². The monoisotopic (exact) mass is 303 g/mol. The highest BCUT2D eigenvalue weighted by Crippen LogP contribution is 2.21. The van der Waals surface area contributed by atoms with Crippen molar-refractivity contribution in [2.45, 2.75) is 32.3 Å². The zero-order valence-electron chi connectivity index (χ0n) is 12.9. The van der Waals surface area contributed by atoms with Crippen LogP contribution in [0.15, 0.2) is 18.5 Å². The van der Waals surface area contributed by atoms with Gasteiger partial charge in [0.25, 0.3) is 0 Å². The van der Waals surface area contributed by atoms with Crippen molar-refractivity contribution in [3.05, 3.63) is 29.8 Å². The number of anilines is 1. The first-order valence-corrected chi connectivity index (χ1v) is 7.45. The number of nitrogens with one attached hydrogen (secondary N) is 1. The van der Waals surface area contributed by atoms with E-state index in [-0.39, 0.29) is 0 Å². The largest absolute Gasteiger partial charge is 0.388 e. The fourth-order valence-corrected chi connectivity index (χ4v) is 2.59. The van der Waals surface area contributed by atoms with E-state index >= 15 is 0 Å². The van der Waals surface area contributed by atoms with Gasteiger partial charge in [0, 0.05) is 38.3 Å². The zero-order chi connectivity index (χ0) is 15.6. The Morgan fingerprint density at radius 1 is 1.32 bits per heavy atom. The Kier molecular flexibility index (Phi) is 4.08. The van der Waals surface area contributed by atoms with Gasteiger partial charge >= 0.3 is 0 Å². The van der Waals surface area contributed by atoms with Crippen LogP contribution in [0.1, 0.15) is 24.2 Å². The standard InChI is InChI=1S/C15H21N5O2/c1-11-7-12(2)20(19-11)14-9-16-8-13(18-14)17-10-15(21)3-5-22-6-4-15/h7-9,21H,3-6,10H2,1-2H3,(H,17,18). The number of hydrogen-bond donors (Lipinski definition) is 2. The predicted octanol–water partition coefficient (Wildman–Crippen LogP) is 1.23. The van der Waals surface area contributed by atoms with Crippen molar-refractivity contribution >= 4 is 5.82 Å². The zero-order valence-corrected chi connectivity index (χ0v) is 12.9. The normalized spacial score (nSPS) is 17.4. The molecule has 0 amide bonds. The first-order chi connectivity index (χ1) is 10.6. The summed E-state index contributed by atoms with van der Waals surface area (Å²) >= 11 is 0. The van der Waals surface area contributed by atoms with Gasteiger partial charge in [0.2, 0.25) is 0 Å². The molecule has 7 nitrogen and oxygen atoms in total. The first-order valence-electron chi connectivity index (χ1n) is 7.45. The van der Waals surface area contributed by atoms with E-state index in [2.05, 4.69) is 20.4 Å². The highest BCUT2D eigenvalue weighted by Gasteiger charge is 2.29. The Labute approximate surface area is 129 Å². The van der Waals surface area contributed by atoms with Crippen LogP contribution in [-0.2, 0) is 4.74 Å². The van der Waals surface area contributed by atoms with Crippen LogP contribution in [0.5, 0.6) is 0 Å². The van der Waals surface area contributed by atoms with E-state index in [0.717, 1.165) is 11.4 Å². The molecular formula is C15H21N5O2. The van der Waals surface area contributed by atoms with Crippen molar-refractivity contribution in [1.82, 2.24) is 19.7 Å². The molecule has 22 heavy (non-hydrogen) atoms. The van der Waals surface area contributed by atoms with E-state index in [9.17, 15) is 5.11 Å². The van der Waals surface area contributed by atoms with E-state index in [4.69, 9.17) is 4.74 Å². The SMILES string of the molecule is Cc1cc(C)n(-c2cncc(NCC3(O)CCOCC3)n2)n1. The summed E-state index contributed by atoms with van der Waals surface area (Å²) < 4.78 is 7.04. The molecular weight excluding hydrogens is 282 g/mol. The molecule has 118 valence electrons. The Morgan fingerprint density at radius 2 is 2.09 bits per heavy atom. The number of aliphatic hydroxyl groups is 1. The van der Waals surface area contributed by atoms with E-state index in [1.807, 2.05) is 19.9 Å². The van der Waals surface area contributed by atoms with Crippen LogP contribution in [-0.4, -0.2) is 50.2 Å². The summed E-state index contributed by atoms with van der Waals surface area (Å²) in [5.74, 6) is 1.29. The minimum atomic E-state index is -0.742. The van der Waals surface area contributed by atoms with E-state index in [0.29, 0.717) is 44.2 Å². The fraction of sp³-hybridized carbons (Fsp3) is 0.533. The minimum absolute atomic E-state index is 0.436. The third-order valence-corrected chi connectivity index (χ3v) is 3.87. The molecule has 0 spiro atoms.